The normalized spacial score (nSPS) is 16.9. The van der Waals surface area contributed by atoms with Crippen LogP contribution < -0.4 is 5.32 Å². The lowest BCUT2D eigenvalue weighted by Gasteiger charge is -2.37. The van der Waals surface area contributed by atoms with E-state index in [0.29, 0.717) is 31.7 Å². The Hall–Kier alpha value is -4.49. The minimum absolute atomic E-state index is 0.0300. The maximum atomic E-state index is 12.4. The Labute approximate surface area is 233 Å². The van der Waals surface area contributed by atoms with Crippen molar-refractivity contribution in [3.63, 3.8) is 0 Å². The summed E-state index contributed by atoms with van der Waals surface area (Å²) in [6, 6.07) is 31.1. The van der Waals surface area contributed by atoms with Gasteiger partial charge in [-0.2, -0.15) is 0 Å². The summed E-state index contributed by atoms with van der Waals surface area (Å²) in [5.41, 5.74) is 3.50. The van der Waals surface area contributed by atoms with Gasteiger partial charge in [0.1, 0.15) is 0 Å². The zero-order valence-electron chi connectivity index (χ0n) is 22.2. The quantitative estimate of drug-likeness (QED) is 0.278. The number of benzene rings is 4. The van der Waals surface area contributed by atoms with Crippen molar-refractivity contribution in [2.45, 2.75) is 31.5 Å². The number of carboxylic acid groups (broad SMARTS) is 1. The molecule has 1 saturated heterocycles. The predicted molar refractivity (Wildman–Crippen MR) is 153 cm³/mol. The van der Waals surface area contributed by atoms with Crippen molar-refractivity contribution in [2.24, 2.45) is 0 Å². The summed E-state index contributed by atoms with van der Waals surface area (Å²) in [6.45, 7) is 1.08. The Morgan fingerprint density at radius 1 is 0.850 bits per heavy atom. The fraction of sp³-hybridized carbons (Fsp3) is 0.242. The molecule has 4 aromatic carbocycles. The number of ether oxygens (including phenoxy) is 1. The van der Waals surface area contributed by atoms with Crippen molar-refractivity contribution in [2.75, 3.05) is 19.6 Å². The summed E-state index contributed by atoms with van der Waals surface area (Å²) in [5.74, 6) is -0.322. The molecule has 2 atom stereocenters. The Morgan fingerprint density at radius 3 is 2.30 bits per heavy atom. The highest BCUT2D eigenvalue weighted by Gasteiger charge is 2.33. The van der Waals surface area contributed by atoms with Crippen LogP contribution in [0, 0.1) is 0 Å². The molecule has 7 nitrogen and oxygen atoms in total. The van der Waals surface area contributed by atoms with Crippen LogP contribution in [0.4, 0.5) is 4.79 Å². The topological polar surface area (TPSA) is 95.9 Å². The molecule has 4 aromatic rings. The number of hydrogen-bond donors (Lipinski definition) is 2. The van der Waals surface area contributed by atoms with E-state index in [2.05, 4.69) is 29.6 Å². The fourth-order valence-corrected chi connectivity index (χ4v) is 5.21. The molecule has 5 rings (SSSR count). The van der Waals surface area contributed by atoms with Crippen LogP contribution >= 0.6 is 0 Å². The maximum Gasteiger partial charge on any atom is 0.407 e. The lowest BCUT2D eigenvalue weighted by molar-refractivity contribution is -0.120. The van der Waals surface area contributed by atoms with Crippen molar-refractivity contribution < 1.29 is 24.2 Å². The van der Waals surface area contributed by atoms with Gasteiger partial charge in [0, 0.05) is 18.0 Å². The number of rotatable bonds is 9. The number of ketones is 1. The van der Waals surface area contributed by atoms with Crippen LogP contribution in [0.5, 0.6) is 0 Å². The van der Waals surface area contributed by atoms with Crippen molar-refractivity contribution in [3.8, 4) is 0 Å². The Balaban J connectivity index is 1.21. The third kappa shape index (κ3) is 6.74. The van der Waals surface area contributed by atoms with E-state index in [1.807, 2.05) is 48.5 Å². The number of carbonyl (C=O) groups is 3. The summed E-state index contributed by atoms with van der Waals surface area (Å²) >= 11 is 0. The van der Waals surface area contributed by atoms with Crippen molar-refractivity contribution in [1.82, 2.24) is 10.2 Å². The summed E-state index contributed by atoms with van der Waals surface area (Å²) in [4.78, 5) is 37.8. The first-order valence-electron chi connectivity index (χ1n) is 13.5. The highest BCUT2D eigenvalue weighted by Crippen LogP contribution is 2.32. The van der Waals surface area contributed by atoms with Crippen molar-refractivity contribution in [1.29, 1.82) is 0 Å². The SMILES string of the molecule is O=C(Cc1ccc(C2CCN(C(=O)O)CC2OCc2ccc3ccccc3c2)cc1)NCC(=O)c1ccccc1. The van der Waals surface area contributed by atoms with Crippen molar-refractivity contribution in [3.05, 3.63) is 119 Å². The highest BCUT2D eigenvalue weighted by atomic mass is 16.5. The molecule has 0 aliphatic carbocycles. The molecule has 40 heavy (non-hydrogen) atoms. The van der Waals surface area contributed by atoms with Crippen LogP contribution in [0.25, 0.3) is 10.8 Å². The number of hydrogen-bond acceptors (Lipinski definition) is 4. The van der Waals surface area contributed by atoms with E-state index in [1.54, 1.807) is 24.3 Å². The largest absolute Gasteiger partial charge is 0.465 e. The summed E-state index contributed by atoms with van der Waals surface area (Å²) < 4.78 is 6.35. The van der Waals surface area contributed by atoms with Gasteiger partial charge in [-0.25, -0.2) is 4.79 Å². The van der Waals surface area contributed by atoms with Crippen molar-refractivity contribution >= 4 is 28.6 Å². The molecule has 2 N–H and O–H groups in total. The van der Waals surface area contributed by atoms with E-state index >= 15 is 0 Å². The second-order valence-electron chi connectivity index (χ2n) is 10.1. The molecular weight excluding hydrogens is 504 g/mol. The Kier molecular flexibility index (Phi) is 8.52. The highest BCUT2D eigenvalue weighted by molar-refractivity contribution is 5.99. The van der Waals surface area contributed by atoms with Gasteiger partial charge in [-0.3, -0.25) is 9.59 Å². The Bertz CT molecular complexity index is 1490. The zero-order valence-corrected chi connectivity index (χ0v) is 22.2. The lowest BCUT2D eigenvalue weighted by Crippen LogP contribution is -2.46. The van der Waals surface area contributed by atoms with Crippen LogP contribution in [0.15, 0.2) is 97.1 Å². The van der Waals surface area contributed by atoms with Gasteiger partial charge in [0.25, 0.3) is 0 Å². The van der Waals surface area contributed by atoms with Gasteiger partial charge in [0.2, 0.25) is 5.91 Å². The molecule has 0 aromatic heterocycles. The van der Waals surface area contributed by atoms with Gasteiger partial charge in [-0.15, -0.1) is 0 Å². The number of nitrogens with zero attached hydrogens (tertiary/aromatic N) is 1. The lowest BCUT2D eigenvalue weighted by atomic mass is 9.86. The third-order valence-electron chi connectivity index (χ3n) is 7.42. The van der Waals surface area contributed by atoms with E-state index in [9.17, 15) is 19.5 Å². The summed E-state index contributed by atoms with van der Waals surface area (Å²) in [6.07, 6.45) is -0.419. The minimum atomic E-state index is -0.940. The van der Waals surface area contributed by atoms with E-state index in [-0.39, 0.29) is 36.7 Å². The average Bonchev–Trinajstić information content (AvgIpc) is 2.99. The van der Waals surface area contributed by atoms with Crippen LogP contribution in [-0.4, -0.2) is 53.5 Å². The van der Waals surface area contributed by atoms with E-state index < -0.39 is 6.09 Å². The predicted octanol–water partition coefficient (Wildman–Crippen LogP) is 5.43. The number of Topliss-reactive ketones (excluding diaryl/α,β-unsaturated/α-hetero) is 1. The molecule has 1 heterocycles. The first kappa shape index (κ1) is 27.1. The van der Waals surface area contributed by atoms with Gasteiger partial charge in [0.15, 0.2) is 5.78 Å². The summed E-state index contributed by atoms with van der Waals surface area (Å²) in [5, 5.41) is 14.6. The van der Waals surface area contributed by atoms with Gasteiger partial charge < -0.3 is 20.1 Å². The molecule has 0 bridgehead atoms. The standard InChI is InChI=1S/C33H32N2O5/c36-30(27-7-2-1-3-8-27)20-34-32(37)19-23-10-14-26(15-11-23)29-16-17-35(33(38)39)21-31(29)40-22-24-12-13-25-6-4-5-9-28(25)18-24/h1-15,18,29,31H,16-17,19-22H2,(H,34,37)(H,38,39). The second kappa shape index (κ2) is 12.6. The van der Waals surface area contributed by atoms with Crippen LogP contribution in [-0.2, 0) is 22.6 Å². The number of fused-ring (bicyclic) bond motifs is 1. The fourth-order valence-electron chi connectivity index (χ4n) is 5.21. The molecule has 1 aliphatic heterocycles. The van der Waals surface area contributed by atoms with E-state index in [1.165, 1.54) is 4.90 Å². The number of carbonyl (C=O) groups excluding carboxylic acids is 2. The molecular formula is C33H32N2O5. The molecule has 1 aliphatic rings. The smallest absolute Gasteiger partial charge is 0.407 e. The van der Waals surface area contributed by atoms with Gasteiger partial charge in [0.05, 0.1) is 32.2 Å². The number of nitrogens with one attached hydrogen (secondary N) is 1. The number of piperidine rings is 1. The Morgan fingerprint density at radius 2 is 1.55 bits per heavy atom. The third-order valence-corrected chi connectivity index (χ3v) is 7.42. The van der Waals surface area contributed by atoms with Crippen LogP contribution in [0.3, 0.4) is 0 Å². The first-order valence-corrected chi connectivity index (χ1v) is 13.5. The van der Waals surface area contributed by atoms with Gasteiger partial charge in [-0.05, 0) is 39.9 Å². The monoisotopic (exact) mass is 536 g/mol. The second-order valence-corrected chi connectivity index (χ2v) is 10.1. The molecule has 204 valence electrons. The first-order chi connectivity index (χ1) is 19.5. The van der Waals surface area contributed by atoms with E-state index in [0.717, 1.165) is 27.5 Å². The van der Waals surface area contributed by atoms with Crippen LogP contribution in [0.1, 0.15) is 39.4 Å². The molecule has 0 radical (unpaired) electrons. The van der Waals surface area contributed by atoms with Gasteiger partial charge >= 0.3 is 6.09 Å². The minimum Gasteiger partial charge on any atom is -0.465 e. The number of amides is 2. The molecule has 1 fully saturated rings. The molecule has 7 heteroatoms. The zero-order chi connectivity index (χ0) is 27.9. The summed E-state index contributed by atoms with van der Waals surface area (Å²) in [7, 11) is 0. The molecule has 2 amide bonds. The number of likely N-dealkylation sites (tertiary alicyclic amines) is 1. The van der Waals surface area contributed by atoms with Gasteiger partial charge in [-0.1, -0.05) is 91.0 Å². The molecule has 0 saturated carbocycles. The van der Waals surface area contributed by atoms with Crippen LogP contribution in [0.2, 0.25) is 0 Å². The maximum absolute atomic E-state index is 12.4. The molecule has 0 spiro atoms. The molecule has 2 unspecified atom stereocenters. The average molecular weight is 537 g/mol. The van der Waals surface area contributed by atoms with E-state index in [4.69, 9.17) is 4.74 Å².